The second kappa shape index (κ2) is 5.50. The highest BCUT2D eigenvalue weighted by molar-refractivity contribution is 5.89. The lowest BCUT2D eigenvalue weighted by molar-refractivity contribution is 0.0526. The summed E-state index contributed by atoms with van der Waals surface area (Å²) in [6, 6.07) is 9.59. The predicted molar refractivity (Wildman–Crippen MR) is 68.1 cm³/mol. The lowest BCUT2D eigenvalue weighted by Gasteiger charge is -2.11. The number of nitriles is 1. The number of hydrogen-bond donors (Lipinski definition) is 0. The van der Waals surface area contributed by atoms with Crippen molar-refractivity contribution in [3.8, 4) is 6.07 Å². The van der Waals surface area contributed by atoms with Gasteiger partial charge in [-0.1, -0.05) is 18.2 Å². The quantitative estimate of drug-likeness (QED) is 0.763. The van der Waals surface area contributed by atoms with E-state index in [0.717, 1.165) is 24.0 Å². The van der Waals surface area contributed by atoms with Crippen LogP contribution in [0.5, 0.6) is 0 Å². The van der Waals surface area contributed by atoms with Gasteiger partial charge in [0.05, 0.1) is 18.2 Å². The maximum Gasteiger partial charge on any atom is 0.338 e. The van der Waals surface area contributed by atoms with E-state index in [9.17, 15) is 4.79 Å². The van der Waals surface area contributed by atoms with Crippen molar-refractivity contribution < 1.29 is 9.53 Å². The van der Waals surface area contributed by atoms with Crippen molar-refractivity contribution in [3.63, 3.8) is 0 Å². The molecule has 1 aliphatic carbocycles. The van der Waals surface area contributed by atoms with Gasteiger partial charge in [0.25, 0.3) is 0 Å². The van der Waals surface area contributed by atoms with Crippen molar-refractivity contribution >= 4 is 5.97 Å². The molecule has 0 radical (unpaired) electrons. The lowest BCUT2D eigenvalue weighted by atomic mass is 9.92. The predicted octanol–water partition coefficient (Wildman–Crippen LogP) is 3.19. The van der Waals surface area contributed by atoms with Crippen LogP contribution < -0.4 is 0 Å². The minimum Gasteiger partial charge on any atom is -0.462 e. The molecule has 1 atom stereocenters. The summed E-state index contributed by atoms with van der Waals surface area (Å²) in [4.78, 5) is 11.5. The first-order valence-corrected chi connectivity index (χ1v) is 6.13. The van der Waals surface area contributed by atoms with Gasteiger partial charge >= 0.3 is 5.97 Å². The second-order valence-corrected chi connectivity index (χ2v) is 4.24. The van der Waals surface area contributed by atoms with E-state index >= 15 is 0 Å². The Kier molecular flexibility index (Phi) is 3.78. The highest BCUT2D eigenvalue weighted by atomic mass is 16.5. The number of benzene rings is 1. The van der Waals surface area contributed by atoms with Gasteiger partial charge in [0.2, 0.25) is 0 Å². The van der Waals surface area contributed by atoms with Gasteiger partial charge in [-0.15, -0.1) is 0 Å². The first kappa shape index (κ1) is 12.4. The molecule has 1 aliphatic rings. The first-order valence-electron chi connectivity index (χ1n) is 6.13. The van der Waals surface area contributed by atoms with E-state index in [1.54, 1.807) is 19.1 Å². The van der Waals surface area contributed by atoms with Crippen LogP contribution in [0.1, 0.15) is 41.6 Å². The number of nitrogens with zero attached hydrogens (tertiary/aromatic N) is 1. The third-order valence-electron chi connectivity index (χ3n) is 3.15. The third-order valence-corrected chi connectivity index (χ3v) is 3.15. The number of rotatable bonds is 3. The summed E-state index contributed by atoms with van der Waals surface area (Å²) in [6.07, 6.45) is 3.92. The highest BCUT2D eigenvalue weighted by Crippen LogP contribution is 2.34. The molecule has 0 aliphatic heterocycles. The standard InChI is InChI=1S/C15H15NO2/c1-2-18-15(17)12-8-6-11(7-9-12)14-5-3-4-13(14)10-16/h4,6-9,14H,2-3,5H2,1H3. The summed E-state index contributed by atoms with van der Waals surface area (Å²) in [5.74, 6) is -0.113. The van der Waals surface area contributed by atoms with Crippen molar-refractivity contribution in [2.24, 2.45) is 0 Å². The van der Waals surface area contributed by atoms with E-state index in [0.29, 0.717) is 12.2 Å². The maximum atomic E-state index is 11.5. The zero-order chi connectivity index (χ0) is 13.0. The summed E-state index contributed by atoms with van der Waals surface area (Å²) >= 11 is 0. The van der Waals surface area contributed by atoms with Crippen LogP contribution in [0, 0.1) is 11.3 Å². The van der Waals surface area contributed by atoms with Gasteiger partial charge in [0.1, 0.15) is 0 Å². The highest BCUT2D eigenvalue weighted by Gasteiger charge is 2.21. The molecule has 0 N–H and O–H groups in total. The minimum atomic E-state index is -0.300. The number of allylic oxidation sites excluding steroid dienone is 2. The summed E-state index contributed by atoms with van der Waals surface area (Å²) in [6.45, 7) is 2.17. The van der Waals surface area contributed by atoms with Crippen LogP contribution in [0.15, 0.2) is 35.9 Å². The molecular formula is C15H15NO2. The Labute approximate surface area is 107 Å². The molecule has 0 heterocycles. The zero-order valence-corrected chi connectivity index (χ0v) is 10.3. The Morgan fingerprint density at radius 1 is 1.44 bits per heavy atom. The van der Waals surface area contributed by atoms with Gasteiger partial charge in [-0.25, -0.2) is 4.79 Å². The van der Waals surface area contributed by atoms with Crippen molar-refractivity contribution in [1.29, 1.82) is 5.26 Å². The fourth-order valence-electron chi connectivity index (χ4n) is 2.24. The summed E-state index contributed by atoms with van der Waals surface area (Å²) in [5, 5.41) is 9.02. The lowest BCUT2D eigenvalue weighted by Crippen LogP contribution is -2.05. The molecule has 0 fully saturated rings. The van der Waals surface area contributed by atoms with Crippen molar-refractivity contribution in [1.82, 2.24) is 0 Å². The van der Waals surface area contributed by atoms with Crippen molar-refractivity contribution in [2.45, 2.75) is 25.7 Å². The minimum absolute atomic E-state index is 0.186. The molecule has 0 saturated heterocycles. The Balaban J connectivity index is 2.16. The Hall–Kier alpha value is -2.08. The normalized spacial score (nSPS) is 18.0. The van der Waals surface area contributed by atoms with Gasteiger partial charge in [-0.3, -0.25) is 0 Å². The molecule has 3 heteroatoms. The Morgan fingerprint density at radius 2 is 2.17 bits per heavy atom. The van der Waals surface area contributed by atoms with E-state index < -0.39 is 0 Å². The first-order chi connectivity index (χ1) is 8.76. The van der Waals surface area contributed by atoms with Crippen molar-refractivity contribution in [2.75, 3.05) is 6.61 Å². The van der Waals surface area contributed by atoms with Gasteiger partial charge in [-0.05, 0) is 37.5 Å². The monoisotopic (exact) mass is 241 g/mol. The van der Waals surface area contributed by atoms with Crippen LogP contribution in [0.25, 0.3) is 0 Å². The van der Waals surface area contributed by atoms with Crippen LogP contribution in [0.4, 0.5) is 0 Å². The summed E-state index contributed by atoms with van der Waals surface area (Å²) in [5.41, 5.74) is 2.48. The smallest absolute Gasteiger partial charge is 0.338 e. The average Bonchev–Trinajstić information content (AvgIpc) is 2.87. The molecule has 2 rings (SSSR count). The van der Waals surface area contributed by atoms with Gasteiger partial charge in [0, 0.05) is 11.5 Å². The van der Waals surface area contributed by atoms with Gasteiger partial charge in [-0.2, -0.15) is 5.26 Å². The van der Waals surface area contributed by atoms with E-state index in [2.05, 4.69) is 6.07 Å². The number of carbonyl (C=O) groups excluding carboxylic acids is 1. The molecular weight excluding hydrogens is 226 g/mol. The summed E-state index contributed by atoms with van der Waals surface area (Å²) in [7, 11) is 0. The molecule has 0 saturated carbocycles. The number of ether oxygens (including phenoxy) is 1. The molecule has 92 valence electrons. The molecule has 18 heavy (non-hydrogen) atoms. The van der Waals surface area contributed by atoms with Crippen LogP contribution in [0.2, 0.25) is 0 Å². The number of esters is 1. The fourth-order valence-corrected chi connectivity index (χ4v) is 2.24. The maximum absolute atomic E-state index is 11.5. The van der Waals surface area contributed by atoms with Crippen molar-refractivity contribution in [3.05, 3.63) is 47.0 Å². The molecule has 0 bridgehead atoms. The molecule has 3 nitrogen and oxygen atoms in total. The van der Waals surface area contributed by atoms with Crippen LogP contribution in [0.3, 0.4) is 0 Å². The van der Waals surface area contributed by atoms with Gasteiger partial charge in [0.15, 0.2) is 0 Å². The number of carbonyl (C=O) groups is 1. The Bertz CT molecular complexity index is 508. The molecule has 0 amide bonds. The fraction of sp³-hybridized carbons (Fsp3) is 0.333. The van der Waals surface area contributed by atoms with E-state index in [1.165, 1.54) is 0 Å². The van der Waals surface area contributed by atoms with E-state index in [-0.39, 0.29) is 11.9 Å². The van der Waals surface area contributed by atoms with Gasteiger partial charge < -0.3 is 4.74 Å². The zero-order valence-electron chi connectivity index (χ0n) is 10.3. The number of hydrogen-bond acceptors (Lipinski definition) is 3. The third kappa shape index (κ3) is 2.43. The topological polar surface area (TPSA) is 50.1 Å². The average molecular weight is 241 g/mol. The van der Waals surface area contributed by atoms with E-state index in [4.69, 9.17) is 10.00 Å². The second-order valence-electron chi connectivity index (χ2n) is 4.24. The largest absolute Gasteiger partial charge is 0.462 e. The molecule has 0 aromatic heterocycles. The van der Waals surface area contributed by atoms with Crippen LogP contribution in [-0.4, -0.2) is 12.6 Å². The molecule has 1 aromatic carbocycles. The Morgan fingerprint density at radius 3 is 2.78 bits per heavy atom. The molecule has 0 spiro atoms. The summed E-state index contributed by atoms with van der Waals surface area (Å²) < 4.78 is 4.93. The van der Waals surface area contributed by atoms with Crippen LogP contribution in [-0.2, 0) is 4.74 Å². The SMILES string of the molecule is CCOC(=O)c1ccc(C2CCC=C2C#N)cc1. The van der Waals surface area contributed by atoms with E-state index in [1.807, 2.05) is 18.2 Å². The molecule has 1 unspecified atom stereocenters. The van der Waals surface area contributed by atoms with Crippen LogP contribution >= 0.6 is 0 Å². The molecule has 1 aromatic rings.